The van der Waals surface area contributed by atoms with E-state index in [1.54, 1.807) is 29.4 Å². The first kappa shape index (κ1) is 11.0. The Bertz CT molecular complexity index is 529. The number of rotatable bonds is 4. The van der Waals surface area contributed by atoms with Crippen molar-refractivity contribution in [3.8, 4) is 5.82 Å². The van der Waals surface area contributed by atoms with Crippen LogP contribution in [0, 0.1) is 5.92 Å². The molecule has 2 aromatic heterocycles. The molecule has 1 amide bonds. The van der Waals surface area contributed by atoms with Crippen LogP contribution in [0.3, 0.4) is 0 Å². The molecule has 0 aromatic carbocycles. The number of hydrogen-bond donors (Lipinski definition) is 1. The van der Waals surface area contributed by atoms with E-state index in [0.717, 1.165) is 12.4 Å². The van der Waals surface area contributed by atoms with E-state index in [4.69, 9.17) is 0 Å². The van der Waals surface area contributed by atoms with Crippen molar-refractivity contribution in [2.24, 2.45) is 5.92 Å². The lowest BCUT2D eigenvalue weighted by atomic mass is 10.2. The number of nitrogens with one attached hydrogen (secondary N) is 1. The third-order valence-corrected chi connectivity index (χ3v) is 3.03. The van der Waals surface area contributed by atoms with Gasteiger partial charge in [-0.05, 0) is 30.9 Å². The van der Waals surface area contributed by atoms with Gasteiger partial charge in [-0.2, -0.15) is 0 Å². The van der Waals surface area contributed by atoms with Gasteiger partial charge in [0.05, 0.1) is 5.56 Å². The quantitative estimate of drug-likeness (QED) is 0.881. The standard InChI is InChI=1S/C13H14N4O/c18-13(16-7-10-1-2-10)11-3-4-12(15-8-11)17-6-5-14-9-17/h3-6,8-10H,1-2,7H2,(H,16,18). The molecule has 5 nitrogen and oxygen atoms in total. The zero-order chi connectivity index (χ0) is 12.4. The number of imidazole rings is 1. The first-order valence-corrected chi connectivity index (χ1v) is 6.05. The van der Waals surface area contributed by atoms with Gasteiger partial charge in [0, 0.05) is 25.1 Å². The molecule has 0 atom stereocenters. The third-order valence-electron chi connectivity index (χ3n) is 3.03. The summed E-state index contributed by atoms with van der Waals surface area (Å²) in [5, 5.41) is 2.92. The van der Waals surface area contributed by atoms with Crippen LogP contribution in [0.2, 0.25) is 0 Å². The maximum absolute atomic E-state index is 11.8. The fraction of sp³-hybridized carbons (Fsp3) is 0.308. The zero-order valence-electron chi connectivity index (χ0n) is 9.91. The Morgan fingerprint density at radius 1 is 1.44 bits per heavy atom. The third kappa shape index (κ3) is 2.40. The average molecular weight is 242 g/mol. The summed E-state index contributed by atoms with van der Waals surface area (Å²) >= 11 is 0. The van der Waals surface area contributed by atoms with Gasteiger partial charge in [0.15, 0.2) is 0 Å². The number of carbonyl (C=O) groups is 1. The summed E-state index contributed by atoms with van der Waals surface area (Å²) in [6.07, 6.45) is 9.25. The molecule has 0 aliphatic heterocycles. The van der Waals surface area contributed by atoms with E-state index < -0.39 is 0 Å². The number of pyridine rings is 1. The van der Waals surface area contributed by atoms with Gasteiger partial charge >= 0.3 is 0 Å². The molecule has 0 radical (unpaired) electrons. The molecular formula is C13H14N4O. The fourth-order valence-corrected chi connectivity index (χ4v) is 1.73. The second-order valence-corrected chi connectivity index (χ2v) is 4.53. The lowest BCUT2D eigenvalue weighted by Crippen LogP contribution is -2.25. The molecule has 0 saturated heterocycles. The van der Waals surface area contributed by atoms with Crippen molar-refractivity contribution in [2.45, 2.75) is 12.8 Å². The van der Waals surface area contributed by atoms with Crippen LogP contribution < -0.4 is 5.32 Å². The maximum Gasteiger partial charge on any atom is 0.252 e. The van der Waals surface area contributed by atoms with E-state index in [0.29, 0.717) is 11.5 Å². The molecule has 1 aliphatic carbocycles. The van der Waals surface area contributed by atoms with Crippen molar-refractivity contribution >= 4 is 5.91 Å². The number of amides is 1. The first-order valence-electron chi connectivity index (χ1n) is 6.05. The van der Waals surface area contributed by atoms with Crippen molar-refractivity contribution in [2.75, 3.05) is 6.54 Å². The molecule has 0 bridgehead atoms. The fourth-order valence-electron chi connectivity index (χ4n) is 1.73. The summed E-state index contributed by atoms with van der Waals surface area (Å²) in [4.78, 5) is 20.0. The van der Waals surface area contributed by atoms with Gasteiger partial charge in [-0.1, -0.05) is 0 Å². The van der Waals surface area contributed by atoms with E-state index in [-0.39, 0.29) is 5.91 Å². The van der Waals surface area contributed by atoms with Crippen molar-refractivity contribution in [3.63, 3.8) is 0 Å². The molecule has 1 saturated carbocycles. The van der Waals surface area contributed by atoms with Crippen molar-refractivity contribution < 1.29 is 4.79 Å². The van der Waals surface area contributed by atoms with Gasteiger partial charge in [-0.25, -0.2) is 9.97 Å². The monoisotopic (exact) mass is 242 g/mol. The lowest BCUT2D eigenvalue weighted by molar-refractivity contribution is 0.0951. The smallest absolute Gasteiger partial charge is 0.252 e. The van der Waals surface area contributed by atoms with Crippen LogP contribution >= 0.6 is 0 Å². The number of carbonyl (C=O) groups excluding carboxylic acids is 1. The Morgan fingerprint density at radius 2 is 2.33 bits per heavy atom. The molecule has 0 unspecified atom stereocenters. The van der Waals surface area contributed by atoms with E-state index in [1.165, 1.54) is 12.8 Å². The topological polar surface area (TPSA) is 59.8 Å². The Balaban J connectivity index is 1.68. The molecule has 0 spiro atoms. The van der Waals surface area contributed by atoms with Crippen molar-refractivity contribution in [3.05, 3.63) is 42.6 Å². The molecule has 18 heavy (non-hydrogen) atoms. The van der Waals surface area contributed by atoms with E-state index >= 15 is 0 Å². The molecule has 3 rings (SSSR count). The van der Waals surface area contributed by atoms with E-state index in [9.17, 15) is 4.79 Å². The minimum Gasteiger partial charge on any atom is -0.352 e. The summed E-state index contributed by atoms with van der Waals surface area (Å²) in [6.45, 7) is 0.780. The van der Waals surface area contributed by atoms with Gasteiger partial charge in [0.1, 0.15) is 12.1 Å². The van der Waals surface area contributed by atoms with Crippen LogP contribution in [0.15, 0.2) is 37.1 Å². The summed E-state index contributed by atoms with van der Waals surface area (Å²) in [6, 6.07) is 3.60. The Morgan fingerprint density at radius 3 is 2.94 bits per heavy atom. The SMILES string of the molecule is O=C(NCC1CC1)c1ccc(-n2ccnc2)nc1. The van der Waals surface area contributed by atoms with Gasteiger partial charge in [0.2, 0.25) is 0 Å². The van der Waals surface area contributed by atoms with E-state index in [1.807, 2.05) is 12.3 Å². The highest BCUT2D eigenvalue weighted by Gasteiger charge is 2.21. The maximum atomic E-state index is 11.8. The van der Waals surface area contributed by atoms with Gasteiger partial charge in [-0.15, -0.1) is 0 Å². The highest BCUT2D eigenvalue weighted by Crippen LogP contribution is 2.27. The molecule has 1 N–H and O–H groups in total. The predicted octanol–water partition coefficient (Wildman–Crippen LogP) is 1.41. The largest absolute Gasteiger partial charge is 0.352 e. The number of aromatic nitrogens is 3. The minimum atomic E-state index is -0.0495. The van der Waals surface area contributed by atoms with Crippen LogP contribution in [0.4, 0.5) is 0 Å². The predicted molar refractivity (Wildman–Crippen MR) is 66.4 cm³/mol. The molecule has 1 aliphatic rings. The van der Waals surface area contributed by atoms with Gasteiger partial charge < -0.3 is 5.32 Å². The van der Waals surface area contributed by atoms with Crippen LogP contribution in [-0.4, -0.2) is 27.0 Å². The minimum absolute atomic E-state index is 0.0495. The van der Waals surface area contributed by atoms with Crippen LogP contribution in [-0.2, 0) is 0 Å². The molecule has 92 valence electrons. The lowest BCUT2D eigenvalue weighted by Gasteiger charge is -2.05. The van der Waals surface area contributed by atoms with E-state index in [2.05, 4.69) is 15.3 Å². The number of nitrogens with zero attached hydrogens (tertiary/aromatic N) is 3. The van der Waals surface area contributed by atoms with Crippen LogP contribution in [0.5, 0.6) is 0 Å². The highest BCUT2D eigenvalue weighted by atomic mass is 16.1. The van der Waals surface area contributed by atoms with Crippen LogP contribution in [0.1, 0.15) is 23.2 Å². The summed E-state index contributed by atoms with van der Waals surface area (Å²) in [7, 11) is 0. The second kappa shape index (κ2) is 4.60. The van der Waals surface area contributed by atoms with Crippen LogP contribution in [0.25, 0.3) is 5.82 Å². The highest BCUT2D eigenvalue weighted by molar-refractivity contribution is 5.93. The van der Waals surface area contributed by atoms with Crippen molar-refractivity contribution in [1.82, 2.24) is 19.9 Å². The zero-order valence-corrected chi connectivity index (χ0v) is 9.91. The molecule has 5 heteroatoms. The van der Waals surface area contributed by atoms with Crippen molar-refractivity contribution in [1.29, 1.82) is 0 Å². The first-order chi connectivity index (χ1) is 8.83. The Hall–Kier alpha value is -2.17. The normalized spacial score (nSPS) is 14.4. The van der Waals surface area contributed by atoms with Gasteiger partial charge in [-0.3, -0.25) is 9.36 Å². The summed E-state index contributed by atoms with van der Waals surface area (Å²) in [5.41, 5.74) is 0.597. The van der Waals surface area contributed by atoms with Gasteiger partial charge in [0.25, 0.3) is 5.91 Å². The Labute approximate surface area is 105 Å². The molecule has 2 aromatic rings. The molecule has 1 fully saturated rings. The molecular weight excluding hydrogens is 228 g/mol. The second-order valence-electron chi connectivity index (χ2n) is 4.53. The number of hydrogen-bond acceptors (Lipinski definition) is 3. The average Bonchev–Trinajstić information content (AvgIpc) is 3.08. The Kier molecular flexibility index (Phi) is 2.80. The summed E-state index contributed by atoms with van der Waals surface area (Å²) < 4.78 is 1.80. The summed E-state index contributed by atoms with van der Waals surface area (Å²) in [5.74, 6) is 1.39. The molecule has 2 heterocycles.